The lowest BCUT2D eigenvalue weighted by molar-refractivity contribution is -0.385. The zero-order valence-electron chi connectivity index (χ0n) is 16.5. The summed E-state index contributed by atoms with van der Waals surface area (Å²) in [5.41, 5.74) is 0.970. The Morgan fingerprint density at radius 3 is 2.10 bits per heavy atom. The van der Waals surface area contributed by atoms with Crippen LogP contribution in [0.1, 0.15) is 5.56 Å². The maximum atomic E-state index is 13.4. The van der Waals surface area contributed by atoms with Crippen LogP contribution in [0.5, 0.6) is 5.75 Å². The van der Waals surface area contributed by atoms with Gasteiger partial charge in [0.05, 0.1) is 28.7 Å². The van der Waals surface area contributed by atoms with Crippen LogP contribution in [-0.4, -0.2) is 32.7 Å². The largest absolute Gasteiger partial charge is 0.484 e. The molecular weight excluding hydrogens is 420 g/mol. The van der Waals surface area contributed by atoms with Gasteiger partial charge >= 0.3 is 5.69 Å². The first-order chi connectivity index (χ1) is 14.9. The number of hydrogen-bond donors (Lipinski definition) is 0. The lowest BCUT2D eigenvalue weighted by atomic mass is 10.2. The Morgan fingerprint density at radius 1 is 1.00 bits per heavy atom. The summed E-state index contributed by atoms with van der Waals surface area (Å²) in [6, 6.07) is 21.6. The van der Waals surface area contributed by atoms with Crippen LogP contribution in [-0.2, 0) is 20.5 Å². The molecule has 1 aliphatic heterocycles. The van der Waals surface area contributed by atoms with E-state index >= 15 is 0 Å². The summed E-state index contributed by atoms with van der Waals surface area (Å²) in [6.07, 6.45) is -0.0510. The topological polar surface area (TPSA) is 102 Å². The molecule has 3 aromatic carbocycles. The number of benzene rings is 3. The second-order valence-corrected chi connectivity index (χ2v) is 8.83. The van der Waals surface area contributed by atoms with Crippen molar-refractivity contribution in [3.05, 3.63) is 94.5 Å². The normalized spacial score (nSPS) is 15.3. The Bertz CT molecular complexity index is 1130. The monoisotopic (exact) mass is 440 g/mol. The number of nitro groups is 1. The summed E-state index contributed by atoms with van der Waals surface area (Å²) >= 11 is 0. The number of rotatable bonds is 9. The van der Waals surface area contributed by atoms with Crippen LogP contribution in [0.25, 0.3) is 0 Å². The van der Waals surface area contributed by atoms with Gasteiger partial charge in [-0.25, -0.2) is 12.7 Å². The number of ether oxygens (including phenoxy) is 2. The molecule has 0 radical (unpaired) electrons. The van der Waals surface area contributed by atoms with Crippen LogP contribution < -0.4 is 9.04 Å². The SMILES string of the molecule is O=[N+]([O-])c1cc(CS(=O)(=O)N(c2ccccc2)c2ccccc2)ccc1OCC1CO1. The van der Waals surface area contributed by atoms with Crippen LogP contribution in [0.15, 0.2) is 78.9 Å². The van der Waals surface area contributed by atoms with Gasteiger partial charge in [0.25, 0.3) is 0 Å². The molecule has 0 spiro atoms. The van der Waals surface area contributed by atoms with E-state index in [0.29, 0.717) is 23.5 Å². The second-order valence-electron chi connectivity index (χ2n) is 7.02. The van der Waals surface area contributed by atoms with Gasteiger partial charge in [0.1, 0.15) is 12.7 Å². The van der Waals surface area contributed by atoms with E-state index in [1.54, 1.807) is 60.7 Å². The van der Waals surface area contributed by atoms with Crippen molar-refractivity contribution in [2.75, 3.05) is 17.5 Å². The molecule has 0 N–H and O–H groups in total. The number of para-hydroxylation sites is 2. The third kappa shape index (κ3) is 5.01. The van der Waals surface area contributed by atoms with E-state index in [2.05, 4.69) is 0 Å². The van der Waals surface area contributed by atoms with E-state index in [4.69, 9.17) is 9.47 Å². The van der Waals surface area contributed by atoms with Gasteiger partial charge in [0, 0.05) is 6.07 Å². The Hall–Kier alpha value is -3.43. The molecule has 160 valence electrons. The molecule has 1 unspecified atom stereocenters. The first-order valence-electron chi connectivity index (χ1n) is 9.59. The molecule has 4 rings (SSSR count). The van der Waals surface area contributed by atoms with E-state index < -0.39 is 20.7 Å². The molecule has 0 aliphatic carbocycles. The molecule has 1 saturated heterocycles. The summed E-state index contributed by atoms with van der Waals surface area (Å²) in [5, 5.41) is 11.5. The number of nitro benzene ring substituents is 1. The molecule has 0 bridgehead atoms. The van der Waals surface area contributed by atoms with Gasteiger partial charge in [-0.3, -0.25) is 10.1 Å². The fourth-order valence-corrected chi connectivity index (χ4v) is 4.75. The molecule has 0 saturated carbocycles. The highest BCUT2D eigenvalue weighted by atomic mass is 32.2. The van der Waals surface area contributed by atoms with Gasteiger partial charge in [-0.15, -0.1) is 0 Å². The van der Waals surface area contributed by atoms with E-state index in [0.717, 1.165) is 0 Å². The summed E-state index contributed by atoms with van der Waals surface area (Å²) < 4.78 is 38.6. The molecule has 8 nitrogen and oxygen atoms in total. The van der Waals surface area contributed by atoms with E-state index in [1.807, 2.05) is 0 Å². The van der Waals surface area contributed by atoms with Gasteiger partial charge in [-0.2, -0.15) is 0 Å². The van der Waals surface area contributed by atoms with Gasteiger partial charge in [-0.05, 0) is 35.9 Å². The molecule has 9 heteroatoms. The Morgan fingerprint density at radius 2 is 1.58 bits per heavy atom. The lowest BCUT2D eigenvalue weighted by Gasteiger charge is -2.24. The highest BCUT2D eigenvalue weighted by Gasteiger charge is 2.28. The summed E-state index contributed by atoms with van der Waals surface area (Å²) in [6.45, 7) is 0.785. The number of epoxide rings is 1. The van der Waals surface area contributed by atoms with Gasteiger partial charge in [0.2, 0.25) is 10.0 Å². The van der Waals surface area contributed by atoms with Crippen molar-refractivity contribution in [3.63, 3.8) is 0 Å². The van der Waals surface area contributed by atoms with E-state index in [-0.39, 0.29) is 24.1 Å². The molecule has 31 heavy (non-hydrogen) atoms. The fourth-order valence-electron chi connectivity index (χ4n) is 3.14. The van der Waals surface area contributed by atoms with Crippen LogP contribution >= 0.6 is 0 Å². The Kier molecular flexibility index (Phi) is 5.88. The first-order valence-corrected chi connectivity index (χ1v) is 11.2. The van der Waals surface area contributed by atoms with Gasteiger partial charge < -0.3 is 9.47 Å². The minimum atomic E-state index is -3.90. The maximum Gasteiger partial charge on any atom is 0.311 e. The third-order valence-corrected chi connectivity index (χ3v) is 6.33. The fraction of sp³-hybridized carbons (Fsp3) is 0.182. The molecule has 0 aromatic heterocycles. The van der Waals surface area contributed by atoms with Gasteiger partial charge in [-0.1, -0.05) is 42.5 Å². The molecule has 1 aliphatic rings. The van der Waals surface area contributed by atoms with Crippen LogP contribution in [0.2, 0.25) is 0 Å². The number of hydrogen-bond acceptors (Lipinski definition) is 6. The first kappa shape index (κ1) is 20.8. The molecule has 0 amide bonds. The van der Waals surface area contributed by atoms with Crippen molar-refractivity contribution < 1.29 is 22.8 Å². The molecular formula is C22H20N2O6S. The third-order valence-electron chi connectivity index (χ3n) is 4.66. The zero-order valence-corrected chi connectivity index (χ0v) is 17.3. The van der Waals surface area contributed by atoms with Crippen molar-refractivity contribution in [1.82, 2.24) is 0 Å². The molecule has 1 atom stereocenters. The Balaban J connectivity index is 1.65. The van der Waals surface area contributed by atoms with Crippen molar-refractivity contribution in [2.45, 2.75) is 11.9 Å². The average Bonchev–Trinajstić information content (AvgIpc) is 3.58. The summed E-state index contributed by atoms with van der Waals surface area (Å²) in [4.78, 5) is 10.9. The summed E-state index contributed by atoms with van der Waals surface area (Å²) in [7, 11) is -3.90. The van der Waals surface area contributed by atoms with Crippen molar-refractivity contribution in [3.8, 4) is 5.75 Å². The Labute approximate surface area is 179 Å². The molecule has 1 fully saturated rings. The van der Waals surface area contributed by atoms with Crippen molar-refractivity contribution in [1.29, 1.82) is 0 Å². The quantitative estimate of drug-likeness (QED) is 0.283. The van der Waals surface area contributed by atoms with Gasteiger partial charge in [0.15, 0.2) is 5.75 Å². The number of anilines is 2. The predicted octanol–water partition coefficient (Wildman–Crippen LogP) is 4.04. The van der Waals surface area contributed by atoms with Crippen molar-refractivity contribution in [2.24, 2.45) is 0 Å². The van der Waals surface area contributed by atoms with Crippen LogP contribution in [0.4, 0.5) is 17.1 Å². The van der Waals surface area contributed by atoms with E-state index in [9.17, 15) is 18.5 Å². The lowest BCUT2D eigenvalue weighted by Crippen LogP contribution is -2.27. The molecule has 3 aromatic rings. The zero-order chi connectivity index (χ0) is 21.8. The highest BCUT2D eigenvalue weighted by Crippen LogP contribution is 2.33. The van der Waals surface area contributed by atoms with Crippen molar-refractivity contribution >= 4 is 27.1 Å². The molecule has 1 heterocycles. The summed E-state index contributed by atoms with van der Waals surface area (Å²) in [5.74, 6) is -0.325. The minimum Gasteiger partial charge on any atom is -0.484 e. The predicted molar refractivity (Wildman–Crippen MR) is 116 cm³/mol. The second kappa shape index (κ2) is 8.75. The highest BCUT2D eigenvalue weighted by molar-refractivity contribution is 7.92. The van der Waals surface area contributed by atoms with E-state index in [1.165, 1.54) is 22.5 Å². The average molecular weight is 440 g/mol. The van der Waals surface area contributed by atoms with Crippen LogP contribution in [0.3, 0.4) is 0 Å². The van der Waals surface area contributed by atoms with Crippen LogP contribution in [0, 0.1) is 10.1 Å². The standard InChI is InChI=1S/C22H20N2O6S/c25-24(26)21-13-17(11-12-22(21)30-15-20-14-29-20)16-31(27,28)23(18-7-3-1-4-8-18)19-9-5-2-6-10-19/h1-13,20H,14-16H2. The number of sulfonamides is 1. The number of nitrogens with zero attached hydrogens (tertiary/aromatic N) is 2. The minimum absolute atomic E-state index is 0.0510. The maximum absolute atomic E-state index is 13.4. The smallest absolute Gasteiger partial charge is 0.311 e.